The Bertz CT molecular complexity index is 406. The van der Waals surface area contributed by atoms with Crippen molar-refractivity contribution in [2.45, 2.75) is 38.1 Å². The van der Waals surface area contributed by atoms with E-state index in [2.05, 4.69) is 5.32 Å². The van der Waals surface area contributed by atoms with Gasteiger partial charge in [-0.3, -0.25) is 4.79 Å². The smallest absolute Gasteiger partial charge is 0.220 e. The van der Waals surface area contributed by atoms with Gasteiger partial charge in [-0.15, -0.1) is 0 Å². The van der Waals surface area contributed by atoms with Gasteiger partial charge >= 0.3 is 0 Å². The Balaban J connectivity index is 1.79. The van der Waals surface area contributed by atoms with Gasteiger partial charge in [-0.1, -0.05) is 6.42 Å². The van der Waals surface area contributed by atoms with Gasteiger partial charge in [0, 0.05) is 25.0 Å². The summed E-state index contributed by atoms with van der Waals surface area (Å²) < 4.78 is 22.6. The van der Waals surface area contributed by atoms with Crippen molar-refractivity contribution in [2.24, 2.45) is 11.8 Å². The first-order valence-electron chi connectivity index (χ1n) is 6.61. The molecule has 1 heterocycles. The lowest BCUT2D eigenvalue weighted by Gasteiger charge is -2.19. The quantitative estimate of drug-likeness (QED) is 0.761. The van der Waals surface area contributed by atoms with Crippen LogP contribution in [0.2, 0.25) is 0 Å². The molecule has 1 aliphatic carbocycles. The van der Waals surface area contributed by atoms with E-state index in [0.29, 0.717) is 12.8 Å². The number of hydrogen-bond donors (Lipinski definition) is 2. The van der Waals surface area contributed by atoms with Crippen LogP contribution in [0.15, 0.2) is 0 Å². The minimum Gasteiger partial charge on any atom is -0.396 e. The highest BCUT2D eigenvalue weighted by Crippen LogP contribution is 2.26. The third-order valence-electron chi connectivity index (χ3n) is 4.04. The maximum atomic E-state index is 11.8. The zero-order chi connectivity index (χ0) is 13.2. The summed E-state index contributed by atoms with van der Waals surface area (Å²) in [5.41, 5.74) is 0. The van der Waals surface area contributed by atoms with Gasteiger partial charge in [0.2, 0.25) is 5.91 Å². The number of hydrogen-bond acceptors (Lipinski definition) is 4. The van der Waals surface area contributed by atoms with Crippen LogP contribution < -0.4 is 5.32 Å². The van der Waals surface area contributed by atoms with Gasteiger partial charge in [-0.05, 0) is 25.2 Å². The van der Waals surface area contributed by atoms with Crippen molar-refractivity contribution < 1.29 is 18.3 Å². The van der Waals surface area contributed by atoms with Gasteiger partial charge in [0.05, 0.1) is 11.5 Å². The molecule has 0 bridgehead atoms. The predicted molar refractivity (Wildman–Crippen MR) is 67.7 cm³/mol. The van der Waals surface area contributed by atoms with Crippen molar-refractivity contribution in [3.63, 3.8) is 0 Å². The molecule has 0 radical (unpaired) electrons. The van der Waals surface area contributed by atoms with Gasteiger partial charge < -0.3 is 10.4 Å². The van der Waals surface area contributed by atoms with Crippen molar-refractivity contribution in [1.29, 1.82) is 0 Å². The van der Waals surface area contributed by atoms with Crippen LogP contribution in [0, 0.1) is 11.8 Å². The Hall–Kier alpha value is -0.620. The third-order valence-corrected chi connectivity index (χ3v) is 5.88. The fourth-order valence-corrected chi connectivity index (χ4v) is 4.87. The molecule has 3 unspecified atom stereocenters. The Labute approximate surface area is 108 Å². The normalized spacial score (nSPS) is 34.6. The summed E-state index contributed by atoms with van der Waals surface area (Å²) in [6.45, 7) is 0.114. The first-order chi connectivity index (χ1) is 8.50. The van der Waals surface area contributed by atoms with Crippen LogP contribution in [-0.4, -0.2) is 43.6 Å². The minimum absolute atomic E-state index is 0.0241. The van der Waals surface area contributed by atoms with E-state index in [9.17, 15) is 18.3 Å². The lowest BCUT2D eigenvalue weighted by Crippen LogP contribution is -2.39. The molecule has 0 aromatic carbocycles. The van der Waals surface area contributed by atoms with Gasteiger partial charge in [0.15, 0.2) is 9.84 Å². The fraction of sp³-hybridized carbons (Fsp3) is 0.917. The molecular formula is C12H21NO4S. The van der Waals surface area contributed by atoms with Crippen molar-refractivity contribution >= 4 is 15.7 Å². The molecule has 2 fully saturated rings. The molecule has 0 aromatic rings. The zero-order valence-electron chi connectivity index (χ0n) is 10.5. The minimum atomic E-state index is -2.90. The van der Waals surface area contributed by atoms with Gasteiger partial charge in [0.1, 0.15) is 0 Å². The number of sulfone groups is 1. The largest absolute Gasteiger partial charge is 0.396 e. The summed E-state index contributed by atoms with van der Waals surface area (Å²) in [7, 11) is -2.90. The van der Waals surface area contributed by atoms with E-state index < -0.39 is 9.84 Å². The molecule has 2 rings (SSSR count). The van der Waals surface area contributed by atoms with Crippen molar-refractivity contribution in [3.8, 4) is 0 Å². The fourth-order valence-electron chi connectivity index (χ4n) is 3.01. The highest BCUT2D eigenvalue weighted by molar-refractivity contribution is 7.91. The molecule has 1 aliphatic heterocycles. The molecule has 18 heavy (non-hydrogen) atoms. The second kappa shape index (κ2) is 5.57. The van der Waals surface area contributed by atoms with E-state index >= 15 is 0 Å². The molecule has 1 amide bonds. The van der Waals surface area contributed by atoms with Crippen LogP contribution >= 0.6 is 0 Å². The maximum Gasteiger partial charge on any atom is 0.220 e. The lowest BCUT2D eigenvalue weighted by atomic mass is 10.0. The van der Waals surface area contributed by atoms with Crippen LogP contribution in [0.5, 0.6) is 0 Å². The Kier molecular flexibility index (Phi) is 4.27. The monoisotopic (exact) mass is 275 g/mol. The van der Waals surface area contributed by atoms with Crippen LogP contribution in [0.4, 0.5) is 0 Å². The average molecular weight is 275 g/mol. The molecule has 5 nitrogen and oxygen atoms in total. The standard InChI is InChI=1S/C12H21NO4S/c14-7-10-2-1-3-11(10)13-12(15)6-9-4-5-18(16,17)8-9/h9-11,14H,1-8H2,(H,13,15). The van der Waals surface area contributed by atoms with Crippen molar-refractivity contribution in [3.05, 3.63) is 0 Å². The van der Waals surface area contributed by atoms with Gasteiger partial charge in [-0.2, -0.15) is 0 Å². The van der Waals surface area contributed by atoms with E-state index in [1.54, 1.807) is 0 Å². The molecule has 0 spiro atoms. The number of amides is 1. The third kappa shape index (κ3) is 3.45. The first kappa shape index (κ1) is 13.8. The molecule has 2 aliphatic rings. The van der Waals surface area contributed by atoms with Crippen LogP contribution in [0.1, 0.15) is 32.1 Å². The number of aliphatic hydroxyl groups excluding tert-OH is 1. The van der Waals surface area contributed by atoms with Crippen LogP contribution in [0.3, 0.4) is 0 Å². The number of carbonyl (C=O) groups excluding carboxylic acids is 1. The summed E-state index contributed by atoms with van der Waals surface area (Å²) in [5, 5.41) is 12.1. The summed E-state index contributed by atoms with van der Waals surface area (Å²) in [4.78, 5) is 11.8. The molecular weight excluding hydrogens is 254 g/mol. The molecule has 3 atom stereocenters. The summed E-state index contributed by atoms with van der Waals surface area (Å²) in [6, 6.07) is 0.0699. The number of nitrogens with one attached hydrogen (secondary N) is 1. The average Bonchev–Trinajstić information content (AvgIpc) is 2.85. The highest BCUT2D eigenvalue weighted by atomic mass is 32.2. The second-order valence-electron chi connectivity index (χ2n) is 5.52. The highest BCUT2D eigenvalue weighted by Gasteiger charge is 2.32. The van der Waals surface area contributed by atoms with Crippen LogP contribution in [-0.2, 0) is 14.6 Å². The lowest BCUT2D eigenvalue weighted by molar-refractivity contribution is -0.122. The molecule has 6 heteroatoms. The zero-order valence-corrected chi connectivity index (χ0v) is 11.3. The Morgan fingerprint density at radius 3 is 2.67 bits per heavy atom. The van der Waals surface area contributed by atoms with Gasteiger partial charge in [-0.25, -0.2) is 8.42 Å². The van der Waals surface area contributed by atoms with Crippen LogP contribution in [0.25, 0.3) is 0 Å². The Morgan fingerprint density at radius 1 is 1.28 bits per heavy atom. The first-order valence-corrected chi connectivity index (χ1v) is 8.43. The van der Waals surface area contributed by atoms with Gasteiger partial charge in [0.25, 0.3) is 0 Å². The molecule has 104 valence electrons. The number of carbonyl (C=O) groups is 1. The van der Waals surface area contributed by atoms with E-state index in [0.717, 1.165) is 19.3 Å². The van der Waals surface area contributed by atoms with E-state index in [-0.39, 0.29) is 41.9 Å². The predicted octanol–water partition coefficient (Wildman–Crippen LogP) is 0.0884. The SMILES string of the molecule is O=C(CC1CCS(=O)(=O)C1)NC1CCCC1CO. The van der Waals surface area contributed by atoms with E-state index in [1.807, 2.05) is 0 Å². The van der Waals surface area contributed by atoms with E-state index in [1.165, 1.54) is 0 Å². The number of aliphatic hydroxyl groups is 1. The summed E-state index contributed by atoms with van der Waals surface area (Å²) in [6.07, 6.45) is 3.81. The molecule has 1 saturated carbocycles. The van der Waals surface area contributed by atoms with Crippen molar-refractivity contribution in [2.75, 3.05) is 18.1 Å². The summed E-state index contributed by atoms with van der Waals surface area (Å²) in [5.74, 6) is 0.440. The summed E-state index contributed by atoms with van der Waals surface area (Å²) >= 11 is 0. The van der Waals surface area contributed by atoms with E-state index in [4.69, 9.17) is 0 Å². The maximum absolute atomic E-state index is 11.8. The second-order valence-corrected chi connectivity index (χ2v) is 7.75. The molecule has 0 aromatic heterocycles. The number of rotatable bonds is 4. The molecule has 1 saturated heterocycles. The Morgan fingerprint density at radius 2 is 2.06 bits per heavy atom. The topological polar surface area (TPSA) is 83.5 Å². The molecule has 2 N–H and O–H groups in total. The van der Waals surface area contributed by atoms with Crippen molar-refractivity contribution in [1.82, 2.24) is 5.32 Å².